The van der Waals surface area contributed by atoms with E-state index in [1.165, 1.54) is 15.2 Å². The predicted octanol–water partition coefficient (Wildman–Crippen LogP) is 4.39. The molecule has 0 amide bonds. The minimum Gasteiger partial charge on any atom is -0.478 e. The van der Waals surface area contributed by atoms with Gasteiger partial charge in [0.2, 0.25) is 0 Å². The highest BCUT2D eigenvalue weighted by Gasteiger charge is 2.36. The summed E-state index contributed by atoms with van der Waals surface area (Å²) < 4.78 is 45.7. The maximum absolute atomic E-state index is 14.3. The van der Waals surface area contributed by atoms with Crippen LogP contribution in [0, 0.1) is 6.92 Å². The van der Waals surface area contributed by atoms with Crippen molar-refractivity contribution in [1.29, 1.82) is 0 Å². The van der Waals surface area contributed by atoms with Crippen molar-refractivity contribution in [3.05, 3.63) is 94.8 Å². The lowest BCUT2D eigenvalue weighted by molar-refractivity contribution is -0.137. The summed E-state index contributed by atoms with van der Waals surface area (Å²) in [7, 11) is 1.60. The van der Waals surface area contributed by atoms with Gasteiger partial charge in [-0.25, -0.2) is 14.4 Å². The van der Waals surface area contributed by atoms with Crippen molar-refractivity contribution in [2.24, 2.45) is 7.05 Å². The van der Waals surface area contributed by atoms with Gasteiger partial charge in [0.05, 0.1) is 34.0 Å². The number of aromatic nitrogens is 4. The Bertz CT molecular complexity index is 2030. The summed E-state index contributed by atoms with van der Waals surface area (Å²) in [4.78, 5) is 43.1. The van der Waals surface area contributed by atoms with Gasteiger partial charge in [0.25, 0.3) is 0 Å². The van der Waals surface area contributed by atoms with Gasteiger partial charge in [0.1, 0.15) is 0 Å². The maximum atomic E-state index is 14.3. The molecular weight excluding hydrogens is 605 g/mol. The molecule has 0 unspecified atom stereocenters. The van der Waals surface area contributed by atoms with Crippen molar-refractivity contribution in [1.82, 2.24) is 24.4 Å². The number of rotatable bonds is 5. The summed E-state index contributed by atoms with van der Waals surface area (Å²) in [6, 6.07) is 13.7. The first-order chi connectivity index (χ1) is 21.8. The molecule has 0 saturated carbocycles. The van der Waals surface area contributed by atoms with Crippen molar-refractivity contribution >= 4 is 39.6 Å². The largest absolute Gasteiger partial charge is 0.478 e. The number of fused-ring (bicyclic) bond motifs is 3. The molecule has 11 nitrogen and oxygen atoms in total. The number of piperazine rings is 1. The Kier molecular flexibility index (Phi) is 8.91. The molecule has 1 aliphatic heterocycles. The lowest BCUT2D eigenvalue weighted by Crippen LogP contribution is -2.44. The van der Waals surface area contributed by atoms with E-state index in [1.807, 2.05) is 37.3 Å². The molecule has 14 heteroatoms. The van der Waals surface area contributed by atoms with Gasteiger partial charge in [0.15, 0.2) is 0 Å². The number of halogens is 3. The second kappa shape index (κ2) is 12.9. The molecule has 5 aromatic rings. The molecule has 1 aliphatic rings. The van der Waals surface area contributed by atoms with Gasteiger partial charge in [-0.1, -0.05) is 6.07 Å². The van der Waals surface area contributed by atoms with Crippen LogP contribution in [-0.4, -0.2) is 67.4 Å². The van der Waals surface area contributed by atoms with Crippen molar-refractivity contribution < 1.29 is 33.0 Å². The molecule has 3 N–H and O–H groups in total. The number of imidazole rings is 1. The number of nitrogens with one attached hydrogen (secondary N) is 1. The van der Waals surface area contributed by atoms with Crippen molar-refractivity contribution in [2.45, 2.75) is 13.1 Å². The molecule has 2 aromatic carbocycles. The number of anilines is 1. The Labute approximate surface area is 259 Å². The topological polar surface area (TPSA) is 143 Å². The summed E-state index contributed by atoms with van der Waals surface area (Å²) in [5.74, 6) is -2.51. The second-order valence-corrected chi connectivity index (χ2v) is 10.5. The molecule has 238 valence electrons. The van der Waals surface area contributed by atoms with E-state index in [0.717, 1.165) is 22.9 Å². The number of aliphatic carboxylic acids is 2. The average molecular weight is 635 g/mol. The second-order valence-electron chi connectivity index (χ2n) is 10.5. The summed E-state index contributed by atoms with van der Waals surface area (Å²) in [6.45, 7) is 4.08. The quantitative estimate of drug-likeness (QED) is 0.240. The molecule has 4 heterocycles. The Balaban J connectivity index is 0.000000463. The smallest absolute Gasteiger partial charge is 0.418 e. The van der Waals surface area contributed by atoms with E-state index in [4.69, 9.17) is 10.2 Å². The number of carboxylic acid groups (broad SMARTS) is 2. The van der Waals surface area contributed by atoms with Crippen LogP contribution in [0.5, 0.6) is 0 Å². The highest BCUT2D eigenvalue weighted by Crippen LogP contribution is 2.39. The van der Waals surface area contributed by atoms with Crippen LogP contribution in [0.15, 0.2) is 77.9 Å². The van der Waals surface area contributed by atoms with E-state index < -0.39 is 29.4 Å². The van der Waals surface area contributed by atoms with Gasteiger partial charge in [0, 0.05) is 68.3 Å². The first kappa shape index (κ1) is 31.9. The molecule has 0 spiro atoms. The van der Waals surface area contributed by atoms with E-state index in [1.54, 1.807) is 30.4 Å². The van der Waals surface area contributed by atoms with E-state index >= 15 is 0 Å². The lowest BCUT2D eigenvalue weighted by Gasteiger charge is -2.31. The van der Waals surface area contributed by atoms with Crippen LogP contribution >= 0.6 is 0 Å². The first-order valence-electron chi connectivity index (χ1n) is 14.1. The monoisotopic (exact) mass is 634 g/mol. The zero-order valence-electron chi connectivity index (χ0n) is 24.7. The zero-order valence-corrected chi connectivity index (χ0v) is 24.7. The van der Waals surface area contributed by atoms with Gasteiger partial charge in [-0.2, -0.15) is 13.2 Å². The van der Waals surface area contributed by atoms with E-state index in [0.29, 0.717) is 60.3 Å². The molecule has 1 fully saturated rings. The van der Waals surface area contributed by atoms with Crippen LogP contribution in [0.4, 0.5) is 18.9 Å². The van der Waals surface area contributed by atoms with Gasteiger partial charge >= 0.3 is 23.8 Å². The number of aryl methyl sites for hydroxylation is 2. The summed E-state index contributed by atoms with van der Waals surface area (Å²) in [5, 5.41) is 19.5. The van der Waals surface area contributed by atoms with Gasteiger partial charge in [-0.3, -0.25) is 19.1 Å². The maximum Gasteiger partial charge on any atom is 0.418 e. The third kappa shape index (κ3) is 6.61. The van der Waals surface area contributed by atoms with E-state index in [9.17, 15) is 27.6 Å². The predicted molar refractivity (Wildman–Crippen MR) is 166 cm³/mol. The number of benzene rings is 2. The molecule has 0 aliphatic carbocycles. The lowest BCUT2D eigenvalue weighted by atomic mass is 10.0. The highest BCUT2D eigenvalue weighted by atomic mass is 19.4. The average Bonchev–Trinajstić information content (AvgIpc) is 3.29. The van der Waals surface area contributed by atoms with Gasteiger partial charge in [-0.15, -0.1) is 0 Å². The summed E-state index contributed by atoms with van der Waals surface area (Å²) in [5.41, 5.74) is 3.46. The Morgan fingerprint density at radius 3 is 2.24 bits per heavy atom. The van der Waals surface area contributed by atoms with Crippen LogP contribution in [0.1, 0.15) is 11.3 Å². The third-order valence-electron chi connectivity index (χ3n) is 7.48. The highest BCUT2D eigenvalue weighted by molar-refractivity contribution is 6.04. The SMILES string of the molecule is Cc1cc(-c2ccc3ncc4c(c3c2)n(-c2ccc(N3CCNCC3)c(C(F)(F)F)c2)c(=O)n4C)ccn1.O=C(O)/C=C\C(=O)O. The molecule has 46 heavy (non-hydrogen) atoms. The molecule has 1 saturated heterocycles. The van der Waals surface area contributed by atoms with Crippen molar-refractivity contribution in [3.63, 3.8) is 0 Å². The van der Waals surface area contributed by atoms with E-state index in [2.05, 4.69) is 15.3 Å². The summed E-state index contributed by atoms with van der Waals surface area (Å²) in [6.07, 6.45) is -0.151. The van der Waals surface area contributed by atoms with Crippen molar-refractivity contribution in [3.8, 4) is 16.8 Å². The number of hydrogen-bond acceptors (Lipinski definition) is 7. The van der Waals surface area contributed by atoms with E-state index in [-0.39, 0.29) is 11.4 Å². The number of carbonyl (C=O) groups is 2. The first-order valence-corrected chi connectivity index (χ1v) is 14.1. The molecule has 0 atom stereocenters. The molecule has 0 radical (unpaired) electrons. The van der Waals surface area contributed by atoms with Crippen molar-refractivity contribution in [2.75, 3.05) is 31.1 Å². The number of carboxylic acids is 2. The van der Waals surface area contributed by atoms with Crippen LogP contribution in [-0.2, 0) is 22.8 Å². The van der Waals surface area contributed by atoms with Crippen LogP contribution < -0.4 is 15.9 Å². The normalized spacial score (nSPS) is 13.6. The van der Waals surface area contributed by atoms with Gasteiger partial charge < -0.3 is 20.4 Å². The fraction of sp³-hybridized carbons (Fsp3) is 0.219. The number of nitrogens with zero attached hydrogens (tertiary/aromatic N) is 5. The fourth-order valence-electron chi connectivity index (χ4n) is 5.36. The molecule has 3 aromatic heterocycles. The van der Waals surface area contributed by atoms with Crippen LogP contribution in [0.2, 0.25) is 0 Å². The Morgan fingerprint density at radius 1 is 0.935 bits per heavy atom. The zero-order chi connectivity index (χ0) is 33.2. The Morgan fingerprint density at radius 2 is 1.61 bits per heavy atom. The van der Waals surface area contributed by atoms with Crippen LogP contribution in [0.25, 0.3) is 38.8 Å². The number of pyridine rings is 2. The summed E-state index contributed by atoms with van der Waals surface area (Å²) >= 11 is 0. The number of alkyl halides is 3. The molecule has 0 bridgehead atoms. The number of hydrogen-bond donors (Lipinski definition) is 3. The van der Waals surface area contributed by atoms with Crippen LogP contribution in [0.3, 0.4) is 0 Å². The molecule has 6 rings (SSSR count). The third-order valence-corrected chi connectivity index (χ3v) is 7.48. The minimum absolute atomic E-state index is 0.123. The van der Waals surface area contributed by atoms with Gasteiger partial charge in [-0.05, 0) is 60.5 Å². The minimum atomic E-state index is -4.58. The Hall–Kier alpha value is -5.50. The standard InChI is InChI=1S/C28H25F3N6O.C4H4O4/c1-17-13-19(7-8-33-17)18-3-5-23-21(14-18)26-25(16-34-23)35(2)27(38)37(26)20-4-6-24(22(15-20)28(29,30)31)36-11-9-32-10-12-36;5-3(6)1-2-4(7)8/h3-8,13-16,32H,9-12H2,1-2H3;1-2H,(H,5,6)(H,7,8)/b;2-1-. The molecular formula is C32H29F3N6O5. The fourth-order valence-corrected chi connectivity index (χ4v) is 5.36.